The topological polar surface area (TPSA) is 0 Å². The Kier molecular flexibility index (Phi) is 8.13. The van der Waals surface area contributed by atoms with Crippen LogP contribution in [0.5, 0.6) is 0 Å². The van der Waals surface area contributed by atoms with Crippen LogP contribution in [-0.4, -0.2) is 62.8 Å². The second-order valence-corrected chi connectivity index (χ2v) is 8.08. The standard InChI is InChI=1S/C18H40N2/c1-5-6-9-15-20(17-12-13-18-20)16-11-8-7-10-14-19(2,3)4/h5-18H2,1-4H3/q+2. The van der Waals surface area contributed by atoms with E-state index in [0.29, 0.717) is 0 Å². The van der Waals surface area contributed by atoms with Crippen molar-refractivity contribution < 1.29 is 8.97 Å². The first-order valence-corrected chi connectivity index (χ1v) is 9.13. The molecule has 0 amide bonds. The van der Waals surface area contributed by atoms with Crippen LogP contribution in [0.25, 0.3) is 0 Å². The lowest BCUT2D eigenvalue weighted by molar-refractivity contribution is -0.917. The third-order valence-electron chi connectivity index (χ3n) is 4.96. The molecule has 0 N–H and O–H groups in total. The van der Waals surface area contributed by atoms with Crippen molar-refractivity contribution in [3.8, 4) is 0 Å². The van der Waals surface area contributed by atoms with Gasteiger partial charge in [-0.2, -0.15) is 0 Å². The van der Waals surface area contributed by atoms with Crippen molar-refractivity contribution in [3.05, 3.63) is 0 Å². The quantitative estimate of drug-likeness (QED) is 0.396. The maximum absolute atomic E-state index is 2.32. The van der Waals surface area contributed by atoms with Crippen molar-refractivity contribution in [1.29, 1.82) is 0 Å². The highest BCUT2D eigenvalue weighted by Crippen LogP contribution is 2.22. The van der Waals surface area contributed by atoms with E-state index in [2.05, 4.69) is 28.1 Å². The summed E-state index contributed by atoms with van der Waals surface area (Å²) < 4.78 is 2.59. The molecule has 2 heteroatoms. The highest BCUT2D eigenvalue weighted by atomic mass is 15.4. The Morgan fingerprint density at radius 3 is 1.85 bits per heavy atom. The molecule has 120 valence electrons. The molecule has 1 fully saturated rings. The number of hydrogen-bond acceptors (Lipinski definition) is 0. The minimum Gasteiger partial charge on any atom is -0.331 e. The smallest absolute Gasteiger partial charge is 0.0788 e. The Hall–Kier alpha value is -0.0800. The number of quaternary nitrogens is 2. The lowest BCUT2D eigenvalue weighted by Gasteiger charge is -2.34. The first kappa shape index (κ1) is 18.0. The zero-order valence-corrected chi connectivity index (χ0v) is 14.8. The summed E-state index contributed by atoms with van der Waals surface area (Å²) in [6.07, 6.45) is 13.0. The van der Waals surface area contributed by atoms with E-state index in [1.807, 2.05) is 0 Å². The molecule has 0 aromatic carbocycles. The summed E-state index contributed by atoms with van der Waals surface area (Å²) in [4.78, 5) is 0. The lowest BCUT2D eigenvalue weighted by atomic mass is 10.1. The van der Waals surface area contributed by atoms with Gasteiger partial charge in [0.05, 0.1) is 53.9 Å². The Morgan fingerprint density at radius 2 is 1.30 bits per heavy atom. The largest absolute Gasteiger partial charge is 0.331 e. The van der Waals surface area contributed by atoms with Crippen LogP contribution in [0.1, 0.15) is 64.7 Å². The minimum atomic E-state index is 1.12. The Morgan fingerprint density at radius 1 is 0.750 bits per heavy atom. The van der Waals surface area contributed by atoms with Gasteiger partial charge in [-0.25, -0.2) is 0 Å². The summed E-state index contributed by atoms with van der Waals surface area (Å²) in [6.45, 7) is 9.53. The third-order valence-corrected chi connectivity index (χ3v) is 4.96. The predicted molar refractivity (Wildman–Crippen MR) is 89.9 cm³/mol. The van der Waals surface area contributed by atoms with Gasteiger partial charge in [0.1, 0.15) is 0 Å². The molecule has 0 aromatic heterocycles. The fraction of sp³-hybridized carbons (Fsp3) is 1.00. The van der Waals surface area contributed by atoms with Gasteiger partial charge in [0.15, 0.2) is 0 Å². The number of likely N-dealkylation sites (tertiary alicyclic amines) is 1. The summed E-state index contributed by atoms with van der Waals surface area (Å²) in [5.41, 5.74) is 0. The highest BCUT2D eigenvalue weighted by molar-refractivity contribution is 4.56. The molecule has 1 heterocycles. The summed E-state index contributed by atoms with van der Waals surface area (Å²) in [5, 5.41) is 0. The SMILES string of the molecule is CCCCC[N+]1(CCCCCC[N+](C)(C)C)CCCC1. The summed E-state index contributed by atoms with van der Waals surface area (Å²) >= 11 is 0. The maximum Gasteiger partial charge on any atom is 0.0788 e. The number of unbranched alkanes of at least 4 members (excludes halogenated alkanes) is 5. The van der Waals surface area contributed by atoms with E-state index in [-0.39, 0.29) is 0 Å². The fourth-order valence-corrected chi connectivity index (χ4v) is 3.65. The summed E-state index contributed by atoms with van der Waals surface area (Å²) in [6, 6.07) is 0. The van der Waals surface area contributed by atoms with E-state index < -0.39 is 0 Å². The number of rotatable bonds is 11. The van der Waals surface area contributed by atoms with E-state index in [9.17, 15) is 0 Å². The fourth-order valence-electron chi connectivity index (χ4n) is 3.65. The summed E-state index contributed by atoms with van der Waals surface area (Å²) in [7, 11) is 6.91. The van der Waals surface area contributed by atoms with Gasteiger partial charge in [0, 0.05) is 12.8 Å². The van der Waals surface area contributed by atoms with Crippen LogP contribution < -0.4 is 0 Å². The van der Waals surface area contributed by atoms with Crippen LogP contribution >= 0.6 is 0 Å². The second-order valence-electron chi connectivity index (χ2n) is 8.08. The highest BCUT2D eigenvalue weighted by Gasteiger charge is 2.30. The van der Waals surface area contributed by atoms with Crippen LogP contribution in [0.15, 0.2) is 0 Å². The molecule has 0 radical (unpaired) electrons. The van der Waals surface area contributed by atoms with Crippen LogP contribution in [0.2, 0.25) is 0 Å². The lowest BCUT2D eigenvalue weighted by Crippen LogP contribution is -2.46. The Labute approximate surface area is 128 Å². The first-order chi connectivity index (χ1) is 9.47. The van der Waals surface area contributed by atoms with Crippen LogP contribution in [0.3, 0.4) is 0 Å². The van der Waals surface area contributed by atoms with Gasteiger partial charge in [-0.1, -0.05) is 13.3 Å². The van der Waals surface area contributed by atoms with Gasteiger partial charge >= 0.3 is 0 Å². The van der Waals surface area contributed by atoms with E-state index in [4.69, 9.17) is 0 Å². The molecule has 0 saturated carbocycles. The molecule has 1 rings (SSSR count). The molecule has 20 heavy (non-hydrogen) atoms. The predicted octanol–water partition coefficient (Wildman–Crippen LogP) is 4.05. The van der Waals surface area contributed by atoms with Crippen molar-refractivity contribution in [2.75, 3.05) is 53.9 Å². The number of nitrogens with zero attached hydrogens (tertiary/aromatic N) is 2. The summed E-state index contributed by atoms with van der Waals surface area (Å²) in [5.74, 6) is 0. The zero-order valence-electron chi connectivity index (χ0n) is 14.8. The zero-order chi connectivity index (χ0) is 14.9. The van der Waals surface area contributed by atoms with E-state index in [1.165, 1.54) is 95.0 Å². The Balaban J connectivity index is 2.13. The average molecular weight is 285 g/mol. The molecule has 0 aliphatic carbocycles. The molecule has 1 aliphatic rings. The minimum absolute atomic E-state index is 1.12. The van der Waals surface area contributed by atoms with Crippen molar-refractivity contribution >= 4 is 0 Å². The van der Waals surface area contributed by atoms with Crippen molar-refractivity contribution in [3.63, 3.8) is 0 Å². The molecule has 0 spiro atoms. The molecule has 0 atom stereocenters. The average Bonchev–Trinajstić information content (AvgIpc) is 2.82. The molecule has 1 saturated heterocycles. The van der Waals surface area contributed by atoms with E-state index >= 15 is 0 Å². The van der Waals surface area contributed by atoms with Crippen LogP contribution in [0.4, 0.5) is 0 Å². The van der Waals surface area contributed by atoms with Crippen molar-refractivity contribution in [2.24, 2.45) is 0 Å². The maximum atomic E-state index is 2.32. The molecule has 0 bridgehead atoms. The van der Waals surface area contributed by atoms with Crippen LogP contribution in [-0.2, 0) is 0 Å². The van der Waals surface area contributed by atoms with Gasteiger partial charge in [-0.3, -0.25) is 0 Å². The molecule has 0 unspecified atom stereocenters. The molecule has 1 aliphatic heterocycles. The molecular formula is C18H40N2+2. The first-order valence-electron chi connectivity index (χ1n) is 9.13. The van der Waals surface area contributed by atoms with Gasteiger partial charge in [0.25, 0.3) is 0 Å². The van der Waals surface area contributed by atoms with Gasteiger partial charge in [-0.05, 0) is 38.5 Å². The van der Waals surface area contributed by atoms with Crippen molar-refractivity contribution in [1.82, 2.24) is 0 Å². The molecule has 0 aromatic rings. The van der Waals surface area contributed by atoms with Gasteiger partial charge in [0.2, 0.25) is 0 Å². The Bertz CT molecular complexity index is 236. The van der Waals surface area contributed by atoms with Gasteiger partial charge in [-0.15, -0.1) is 0 Å². The monoisotopic (exact) mass is 284 g/mol. The van der Waals surface area contributed by atoms with Gasteiger partial charge < -0.3 is 8.97 Å². The second kappa shape index (κ2) is 9.04. The normalized spacial score (nSPS) is 18.6. The van der Waals surface area contributed by atoms with Crippen LogP contribution in [0, 0.1) is 0 Å². The van der Waals surface area contributed by atoms with E-state index in [1.54, 1.807) is 0 Å². The molecular weight excluding hydrogens is 244 g/mol. The van der Waals surface area contributed by atoms with Crippen molar-refractivity contribution in [2.45, 2.75) is 64.7 Å². The number of hydrogen-bond donors (Lipinski definition) is 0. The third kappa shape index (κ3) is 7.64. The molecule has 2 nitrogen and oxygen atoms in total. The van der Waals surface area contributed by atoms with E-state index in [0.717, 1.165) is 4.48 Å².